The molecule has 1 aliphatic heterocycles. The molecule has 0 aromatic carbocycles. The largest absolute Gasteiger partial charge is 0.316 e. The Morgan fingerprint density at radius 2 is 2.18 bits per heavy atom. The van der Waals surface area contributed by atoms with Crippen molar-refractivity contribution < 1.29 is 0 Å². The summed E-state index contributed by atoms with van der Waals surface area (Å²) in [6.45, 7) is 5.36. The van der Waals surface area contributed by atoms with Gasteiger partial charge in [0.2, 0.25) is 0 Å². The van der Waals surface area contributed by atoms with Gasteiger partial charge in [-0.1, -0.05) is 6.42 Å². The van der Waals surface area contributed by atoms with Crippen LogP contribution in [0.2, 0.25) is 0 Å². The highest BCUT2D eigenvalue weighted by atomic mass is 32.1. The van der Waals surface area contributed by atoms with Crippen molar-refractivity contribution >= 4 is 11.3 Å². The van der Waals surface area contributed by atoms with Gasteiger partial charge in [0.15, 0.2) is 0 Å². The van der Waals surface area contributed by atoms with Gasteiger partial charge in [0.1, 0.15) is 12.2 Å². The van der Waals surface area contributed by atoms with Crippen molar-refractivity contribution in [2.75, 3.05) is 6.54 Å². The van der Waals surface area contributed by atoms with E-state index in [1.54, 1.807) is 11.3 Å². The molecule has 5 nitrogen and oxygen atoms in total. The van der Waals surface area contributed by atoms with E-state index in [1.165, 1.54) is 48.5 Å². The van der Waals surface area contributed by atoms with Crippen LogP contribution in [0.15, 0.2) is 11.8 Å². The summed E-state index contributed by atoms with van der Waals surface area (Å²) in [4.78, 5) is 8.36. The highest BCUT2D eigenvalue weighted by Gasteiger charge is 2.30. The van der Waals surface area contributed by atoms with Crippen LogP contribution in [-0.4, -0.2) is 31.2 Å². The van der Waals surface area contributed by atoms with E-state index in [-0.39, 0.29) is 0 Å². The molecule has 2 aromatic heterocycles. The van der Waals surface area contributed by atoms with Crippen molar-refractivity contribution in [3.05, 3.63) is 28.2 Å². The quantitative estimate of drug-likeness (QED) is 0.850. The lowest BCUT2D eigenvalue weighted by Gasteiger charge is -2.34. The second-order valence-corrected chi connectivity index (χ2v) is 7.57. The van der Waals surface area contributed by atoms with Crippen LogP contribution in [-0.2, 0) is 13.1 Å². The van der Waals surface area contributed by atoms with Gasteiger partial charge in [0, 0.05) is 18.0 Å². The lowest BCUT2D eigenvalue weighted by molar-refractivity contribution is 0.131. The molecule has 0 radical (unpaired) electrons. The molecule has 1 atom stereocenters. The van der Waals surface area contributed by atoms with Crippen LogP contribution in [0.1, 0.15) is 54.5 Å². The number of rotatable bonds is 5. The molecule has 0 amide bonds. The Morgan fingerprint density at radius 1 is 1.27 bits per heavy atom. The van der Waals surface area contributed by atoms with Crippen molar-refractivity contribution in [1.29, 1.82) is 0 Å². The van der Waals surface area contributed by atoms with Crippen molar-refractivity contribution in [3.63, 3.8) is 0 Å². The summed E-state index contributed by atoms with van der Waals surface area (Å²) in [6, 6.07) is 0.413. The molecule has 4 rings (SSSR count). The average molecular weight is 317 g/mol. The predicted octanol–water partition coefficient (Wildman–Crippen LogP) is 3.18. The molecular formula is C16H23N5S. The number of thiazole rings is 1. The maximum absolute atomic E-state index is 4.48. The summed E-state index contributed by atoms with van der Waals surface area (Å²) in [6.07, 6.45) is 8.43. The smallest absolute Gasteiger partial charge is 0.150 e. The van der Waals surface area contributed by atoms with E-state index < -0.39 is 0 Å². The SMILES string of the molecule is Cc1ncsc1CN1CCCC[C@@H]1c1nncn1CC1CC1. The summed E-state index contributed by atoms with van der Waals surface area (Å²) < 4.78 is 2.31. The minimum atomic E-state index is 0.413. The highest BCUT2D eigenvalue weighted by Crippen LogP contribution is 2.35. The van der Waals surface area contributed by atoms with Gasteiger partial charge < -0.3 is 4.57 Å². The van der Waals surface area contributed by atoms with Gasteiger partial charge in [-0.05, 0) is 45.1 Å². The van der Waals surface area contributed by atoms with Crippen molar-refractivity contribution in [1.82, 2.24) is 24.6 Å². The van der Waals surface area contributed by atoms with Crippen LogP contribution in [0.3, 0.4) is 0 Å². The van der Waals surface area contributed by atoms with E-state index in [0.29, 0.717) is 6.04 Å². The summed E-state index contributed by atoms with van der Waals surface area (Å²) in [7, 11) is 0. The number of hydrogen-bond donors (Lipinski definition) is 0. The average Bonchev–Trinajstić information content (AvgIpc) is 3.07. The fraction of sp³-hybridized carbons (Fsp3) is 0.688. The van der Waals surface area contributed by atoms with Gasteiger partial charge in [-0.15, -0.1) is 21.5 Å². The Bertz CT molecular complexity index is 630. The van der Waals surface area contributed by atoms with E-state index in [4.69, 9.17) is 0 Å². The first kappa shape index (κ1) is 14.3. The molecule has 1 saturated carbocycles. The lowest BCUT2D eigenvalue weighted by atomic mass is 10.0. The van der Waals surface area contributed by atoms with Crippen LogP contribution in [0.5, 0.6) is 0 Å². The first-order chi connectivity index (χ1) is 10.8. The monoisotopic (exact) mass is 317 g/mol. The number of nitrogens with zero attached hydrogens (tertiary/aromatic N) is 5. The number of piperidine rings is 1. The summed E-state index contributed by atoms with van der Waals surface area (Å²) in [5.41, 5.74) is 3.13. The fourth-order valence-electron chi connectivity index (χ4n) is 3.38. The normalized spacial score (nSPS) is 23.0. The molecule has 0 N–H and O–H groups in total. The minimum Gasteiger partial charge on any atom is -0.316 e. The van der Waals surface area contributed by atoms with E-state index in [2.05, 4.69) is 31.6 Å². The van der Waals surface area contributed by atoms with Crippen molar-refractivity contribution in [2.24, 2.45) is 5.92 Å². The number of likely N-dealkylation sites (tertiary alicyclic amines) is 1. The minimum absolute atomic E-state index is 0.413. The Morgan fingerprint density at radius 3 is 2.95 bits per heavy atom. The first-order valence-corrected chi connectivity index (χ1v) is 9.20. The molecular weight excluding hydrogens is 294 g/mol. The molecule has 0 unspecified atom stereocenters. The Hall–Kier alpha value is -1.27. The second kappa shape index (κ2) is 6.08. The third-order valence-electron chi connectivity index (χ3n) is 4.90. The van der Waals surface area contributed by atoms with Gasteiger partial charge in [0.25, 0.3) is 0 Å². The molecule has 0 bridgehead atoms. The lowest BCUT2D eigenvalue weighted by Crippen LogP contribution is -2.34. The Kier molecular flexibility index (Phi) is 3.96. The van der Waals surface area contributed by atoms with Crippen molar-refractivity contribution in [3.8, 4) is 0 Å². The van der Waals surface area contributed by atoms with Gasteiger partial charge in [-0.3, -0.25) is 4.90 Å². The fourth-order valence-corrected chi connectivity index (χ4v) is 4.18. The Balaban J connectivity index is 1.55. The van der Waals surface area contributed by atoms with E-state index in [1.807, 2.05) is 11.8 Å². The zero-order chi connectivity index (χ0) is 14.9. The van der Waals surface area contributed by atoms with E-state index >= 15 is 0 Å². The molecule has 2 aliphatic rings. The maximum Gasteiger partial charge on any atom is 0.150 e. The first-order valence-electron chi connectivity index (χ1n) is 8.32. The predicted molar refractivity (Wildman–Crippen MR) is 86.6 cm³/mol. The van der Waals surface area contributed by atoms with Crippen LogP contribution in [0.4, 0.5) is 0 Å². The maximum atomic E-state index is 4.48. The third kappa shape index (κ3) is 2.94. The molecule has 22 heavy (non-hydrogen) atoms. The van der Waals surface area contributed by atoms with E-state index in [0.717, 1.165) is 25.6 Å². The molecule has 2 aromatic rings. The molecule has 1 saturated heterocycles. The van der Waals surface area contributed by atoms with Gasteiger partial charge in [-0.2, -0.15) is 0 Å². The van der Waals surface area contributed by atoms with Gasteiger partial charge in [0.05, 0.1) is 17.2 Å². The van der Waals surface area contributed by atoms with Gasteiger partial charge >= 0.3 is 0 Å². The number of hydrogen-bond acceptors (Lipinski definition) is 5. The zero-order valence-corrected chi connectivity index (χ0v) is 13.9. The summed E-state index contributed by atoms with van der Waals surface area (Å²) in [5, 5.41) is 8.69. The highest BCUT2D eigenvalue weighted by molar-refractivity contribution is 7.09. The third-order valence-corrected chi connectivity index (χ3v) is 5.82. The van der Waals surface area contributed by atoms with E-state index in [9.17, 15) is 0 Å². The molecule has 3 heterocycles. The molecule has 1 aliphatic carbocycles. The Labute approximate surface area is 135 Å². The molecule has 118 valence electrons. The van der Waals surface area contributed by atoms with Crippen LogP contribution in [0.25, 0.3) is 0 Å². The topological polar surface area (TPSA) is 46.8 Å². The molecule has 6 heteroatoms. The number of aromatic nitrogens is 4. The van der Waals surface area contributed by atoms with Crippen molar-refractivity contribution in [2.45, 2.75) is 58.2 Å². The zero-order valence-electron chi connectivity index (χ0n) is 13.1. The summed E-state index contributed by atoms with van der Waals surface area (Å²) >= 11 is 1.77. The number of aryl methyl sites for hydroxylation is 1. The van der Waals surface area contributed by atoms with Gasteiger partial charge in [-0.25, -0.2) is 4.98 Å². The molecule has 0 spiro atoms. The summed E-state index contributed by atoms with van der Waals surface area (Å²) in [5.74, 6) is 2.03. The standard InChI is InChI=1S/C16H23N5S/c1-12-15(22-11-17-12)9-20-7-3-2-4-14(20)16-19-18-10-21(16)8-13-5-6-13/h10-11,13-14H,2-9H2,1H3/t14-/m1/s1. The van der Waals surface area contributed by atoms with Crippen LogP contribution < -0.4 is 0 Å². The van der Waals surface area contributed by atoms with Crippen LogP contribution in [0, 0.1) is 12.8 Å². The second-order valence-electron chi connectivity index (χ2n) is 6.63. The van der Waals surface area contributed by atoms with Crippen LogP contribution >= 0.6 is 11.3 Å². The molecule has 2 fully saturated rings.